The van der Waals surface area contributed by atoms with E-state index in [1.165, 1.54) is 32.1 Å². The Labute approximate surface area is 115 Å². The van der Waals surface area contributed by atoms with Gasteiger partial charge in [0, 0.05) is 12.6 Å². The van der Waals surface area contributed by atoms with Gasteiger partial charge in [0.25, 0.3) is 0 Å². The molecule has 2 saturated carbocycles. The molecule has 108 valence electrons. The fraction of sp³-hybridized carbons (Fsp3) is 0.933. The summed E-state index contributed by atoms with van der Waals surface area (Å²) in [6.45, 7) is 1.59. The average Bonchev–Trinajstić information content (AvgIpc) is 3.30. The Balaban J connectivity index is 1.31. The summed E-state index contributed by atoms with van der Waals surface area (Å²) in [5, 5.41) is 3.17. The van der Waals surface area contributed by atoms with E-state index in [9.17, 15) is 4.79 Å². The maximum absolute atomic E-state index is 11.9. The summed E-state index contributed by atoms with van der Waals surface area (Å²) in [6, 6.07) is 0.432. The zero-order valence-corrected chi connectivity index (χ0v) is 11.6. The Bertz CT molecular complexity index is 295. The zero-order chi connectivity index (χ0) is 13.1. The van der Waals surface area contributed by atoms with Gasteiger partial charge in [-0.15, -0.1) is 0 Å². The van der Waals surface area contributed by atoms with Crippen LogP contribution < -0.4 is 5.32 Å². The minimum absolute atomic E-state index is 0.0552. The molecule has 0 aromatic heterocycles. The molecule has 1 saturated heterocycles. The van der Waals surface area contributed by atoms with Gasteiger partial charge in [0.05, 0.1) is 12.7 Å². The molecule has 0 aromatic rings. The van der Waals surface area contributed by atoms with Crippen LogP contribution in [0.15, 0.2) is 0 Å². The molecule has 1 heterocycles. The number of hydrogen-bond donors (Lipinski definition) is 1. The molecule has 2 aliphatic carbocycles. The lowest BCUT2D eigenvalue weighted by Gasteiger charge is -2.22. The van der Waals surface area contributed by atoms with E-state index in [2.05, 4.69) is 5.32 Å². The third-order valence-corrected chi connectivity index (χ3v) is 4.40. The van der Waals surface area contributed by atoms with E-state index in [1.807, 2.05) is 0 Å². The molecular weight excluding hydrogens is 242 g/mol. The normalized spacial score (nSPS) is 27.5. The van der Waals surface area contributed by atoms with Crippen molar-refractivity contribution >= 4 is 5.91 Å². The molecule has 0 bridgehead atoms. The quantitative estimate of drug-likeness (QED) is 0.766. The van der Waals surface area contributed by atoms with Gasteiger partial charge in [0.1, 0.15) is 6.61 Å². The lowest BCUT2D eigenvalue weighted by molar-refractivity contribution is -0.128. The van der Waals surface area contributed by atoms with Gasteiger partial charge in [-0.05, 0) is 56.8 Å². The van der Waals surface area contributed by atoms with Crippen LogP contribution in [0.2, 0.25) is 0 Å². The van der Waals surface area contributed by atoms with E-state index in [4.69, 9.17) is 9.47 Å². The van der Waals surface area contributed by atoms with E-state index >= 15 is 0 Å². The molecule has 1 N–H and O–H groups in total. The second kappa shape index (κ2) is 6.23. The second-order valence-electron chi connectivity index (χ2n) is 6.27. The monoisotopic (exact) mass is 267 g/mol. The zero-order valence-electron chi connectivity index (χ0n) is 11.6. The topological polar surface area (TPSA) is 47.6 Å². The van der Waals surface area contributed by atoms with Crippen molar-refractivity contribution in [3.05, 3.63) is 0 Å². The summed E-state index contributed by atoms with van der Waals surface area (Å²) in [7, 11) is 0. The highest BCUT2D eigenvalue weighted by Crippen LogP contribution is 2.44. The van der Waals surface area contributed by atoms with E-state index in [0.717, 1.165) is 31.3 Å². The molecule has 19 heavy (non-hydrogen) atoms. The molecule has 0 unspecified atom stereocenters. The van der Waals surface area contributed by atoms with Crippen LogP contribution in [0.4, 0.5) is 0 Å². The molecule has 4 nitrogen and oxygen atoms in total. The van der Waals surface area contributed by atoms with Gasteiger partial charge in [-0.2, -0.15) is 0 Å². The van der Waals surface area contributed by atoms with Gasteiger partial charge in [-0.3, -0.25) is 4.79 Å². The van der Waals surface area contributed by atoms with Crippen molar-refractivity contribution in [3.8, 4) is 0 Å². The number of carbonyl (C=O) groups excluding carboxylic acids is 1. The number of rotatable bonds is 7. The molecule has 1 aliphatic heterocycles. The lowest BCUT2D eigenvalue weighted by Crippen LogP contribution is -2.40. The largest absolute Gasteiger partial charge is 0.376 e. The van der Waals surface area contributed by atoms with Gasteiger partial charge in [0.15, 0.2) is 0 Å². The van der Waals surface area contributed by atoms with Crippen LogP contribution in [0.3, 0.4) is 0 Å². The second-order valence-corrected chi connectivity index (χ2v) is 6.27. The predicted octanol–water partition coefficient (Wildman–Crippen LogP) is 1.88. The van der Waals surface area contributed by atoms with Crippen molar-refractivity contribution in [2.24, 2.45) is 11.8 Å². The number of hydrogen-bond acceptors (Lipinski definition) is 3. The highest BCUT2D eigenvalue weighted by atomic mass is 16.5. The summed E-state index contributed by atoms with van der Waals surface area (Å²) < 4.78 is 11.1. The first-order valence-corrected chi connectivity index (χ1v) is 7.81. The summed E-state index contributed by atoms with van der Waals surface area (Å²) in [6.07, 6.45) is 8.79. The first kappa shape index (κ1) is 13.4. The molecule has 1 atom stereocenters. The Hall–Kier alpha value is -0.610. The minimum Gasteiger partial charge on any atom is -0.376 e. The van der Waals surface area contributed by atoms with Crippen molar-refractivity contribution < 1.29 is 14.3 Å². The highest BCUT2D eigenvalue weighted by Gasteiger charge is 2.42. The first-order chi connectivity index (χ1) is 9.33. The highest BCUT2D eigenvalue weighted by molar-refractivity contribution is 5.77. The standard InChI is InChI=1S/C15H25NO3/c17-14(10-18-9-13-3-1-2-8-19-13)16-15(11-4-5-11)12-6-7-12/h11-13,15H,1-10H2,(H,16,17)/t13-/m1/s1. The summed E-state index contributed by atoms with van der Waals surface area (Å²) in [4.78, 5) is 11.9. The van der Waals surface area contributed by atoms with Gasteiger partial charge in [0.2, 0.25) is 5.91 Å². The Morgan fingerprint density at radius 2 is 1.89 bits per heavy atom. The average molecular weight is 267 g/mol. The smallest absolute Gasteiger partial charge is 0.246 e. The van der Waals surface area contributed by atoms with Gasteiger partial charge in [-0.1, -0.05) is 0 Å². The fourth-order valence-electron chi connectivity index (χ4n) is 2.98. The molecule has 1 amide bonds. The van der Waals surface area contributed by atoms with E-state index in [1.54, 1.807) is 0 Å². The first-order valence-electron chi connectivity index (χ1n) is 7.81. The summed E-state index contributed by atoms with van der Waals surface area (Å²) in [5.41, 5.74) is 0. The van der Waals surface area contributed by atoms with Crippen molar-refractivity contribution in [1.82, 2.24) is 5.32 Å². The van der Waals surface area contributed by atoms with Crippen molar-refractivity contribution in [2.75, 3.05) is 19.8 Å². The molecule has 0 aromatic carbocycles. The number of carbonyl (C=O) groups is 1. The molecule has 0 radical (unpaired) electrons. The SMILES string of the molecule is O=C(COC[C@H]1CCCCO1)NC(C1CC1)C1CC1. The van der Waals surface area contributed by atoms with E-state index in [0.29, 0.717) is 12.6 Å². The maximum Gasteiger partial charge on any atom is 0.246 e. The van der Waals surface area contributed by atoms with E-state index in [-0.39, 0.29) is 18.6 Å². The minimum atomic E-state index is 0.0552. The third-order valence-electron chi connectivity index (χ3n) is 4.40. The fourth-order valence-corrected chi connectivity index (χ4v) is 2.98. The molecule has 0 spiro atoms. The maximum atomic E-state index is 11.9. The van der Waals surface area contributed by atoms with Crippen LogP contribution in [-0.2, 0) is 14.3 Å². The van der Waals surface area contributed by atoms with Gasteiger partial charge >= 0.3 is 0 Å². The predicted molar refractivity (Wildman–Crippen MR) is 71.8 cm³/mol. The molecular formula is C15H25NO3. The van der Waals surface area contributed by atoms with Crippen molar-refractivity contribution in [2.45, 2.75) is 57.1 Å². The van der Waals surface area contributed by atoms with Crippen LogP contribution in [0, 0.1) is 11.8 Å². The van der Waals surface area contributed by atoms with Crippen LogP contribution in [0.25, 0.3) is 0 Å². The molecule has 3 aliphatic rings. The van der Waals surface area contributed by atoms with Crippen LogP contribution >= 0.6 is 0 Å². The Morgan fingerprint density at radius 3 is 2.47 bits per heavy atom. The lowest BCUT2D eigenvalue weighted by atomic mass is 10.1. The number of ether oxygens (including phenoxy) is 2. The molecule has 3 fully saturated rings. The van der Waals surface area contributed by atoms with E-state index < -0.39 is 0 Å². The summed E-state index contributed by atoms with van der Waals surface area (Å²) >= 11 is 0. The Morgan fingerprint density at radius 1 is 1.16 bits per heavy atom. The van der Waals surface area contributed by atoms with Crippen LogP contribution in [-0.4, -0.2) is 37.9 Å². The van der Waals surface area contributed by atoms with Crippen LogP contribution in [0.1, 0.15) is 44.9 Å². The summed E-state index contributed by atoms with van der Waals surface area (Å²) in [5.74, 6) is 1.55. The Kier molecular flexibility index (Phi) is 4.38. The van der Waals surface area contributed by atoms with Crippen molar-refractivity contribution in [3.63, 3.8) is 0 Å². The van der Waals surface area contributed by atoms with Crippen molar-refractivity contribution in [1.29, 1.82) is 0 Å². The molecule has 4 heteroatoms. The third kappa shape index (κ3) is 4.18. The van der Waals surface area contributed by atoms with Gasteiger partial charge in [-0.25, -0.2) is 0 Å². The number of nitrogens with one attached hydrogen (secondary N) is 1. The molecule has 3 rings (SSSR count). The number of amides is 1. The van der Waals surface area contributed by atoms with Gasteiger partial charge < -0.3 is 14.8 Å². The van der Waals surface area contributed by atoms with Crippen LogP contribution in [0.5, 0.6) is 0 Å².